The lowest BCUT2D eigenvalue weighted by Crippen LogP contribution is -2.31. The van der Waals surface area contributed by atoms with Crippen LogP contribution in [0.2, 0.25) is 0 Å². The summed E-state index contributed by atoms with van der Waals surface area (Å²) in [6, 6.07) is 12.2. The number of likely N-dealkylation sites (tertiary alicyclic amines) is 1. The number of benzene rings is 1. The number of carbonyl (C=O) groups excluding carboxylic acids is 1. The van der Waals surface area contributed by atoms with E-state index in [2.05, 4.69) is 28.1 Å². The Morgan fingerprint density at radius 2 is 2.00 bits per heavy atom. The SMILES string of the molecule is Cl.Cn1cc(Br)cc1C(=O)N1C[C@@H](CN)[C@H](c2ccccc2)C1. The van der Waals surface area contributed by atoms with E-state index < -0.39 is 0 Å². The van der Waals surface area contributed by atoms with Gasteiger partial charge in [-0.3, -0.25) is 4.79 Å². The Balaban J connectivity index is 0.00000192. The highest BCUT2D eigenvalue weighted by molar-refractivity contribution is 9.10. The lowest BCUT2D eigenvalue weighted by Gasteiger charge is -2.17. The van der Waals surface area contributed by atoms with E-state index >= 15 is 0 Å². The van der Waals surface area contributed by atoms with Crippen LogP contribution in [0.15, 0.2) is 47.1 Å². The van der Waals surface area contributed by atoms with Crippen LogP contribution in [-0.2, 0) is 7.05 Å². The van der Waals surface area contributed by atoms with Gasteiger partial charge in [0, 0.05) is 36.7 Å². The van der Waals surface area contributed by atoms with E-state index in [1.54, 1.807) is 0 Å². The number of aryl methyl sites for hydroxylation is 1. The van der Waals surface area contributed by atoms with Gasteiger partial charge in [-0.05, 0) is 40.0 Å². The van der Waals surface area contributed by atoms with E-state index in [4.69, 9.17) is 5.73 Å². The Morgan fingerprint density at radius 1 is 1.30 bits per heavy atom. The molecule has 1 amide bonds. The fourth-order valence-corrected chi connectivity index (χ4v) is 3.78. The zero-order valence-electron chi connectivity index (χ0n) is 13.0. The van der Waals surface area contributed by atoms with Gasteiger partial charge in [-0.15, -0.1) is 12.4 Å². The summed E-state index contributed by atoms with van der Waals surface area (Å²) >= 11 is 3.42. The summed E-state index contributed by atoms with van der Waals surface area (Å²) in [6.45, 7) is 2.05. The average molecular weight is 399 g/mol. The zero-order chi connectivity index (χ0) is 15.7. The summed E-state index contributed by atoms with van der Waals surface area (Å²) in [6.07, 6.45) is 1.90. The molecule has 2 aromatic rings. The summed E-state index contributed by atoms with van der Waals surface area (Å²) in [5, 5.41) is 0. The van der Waals surface area contributed by atoms with E-state index in [1.807, 2.05) is 47.0 Å². The summed E-state index contributed by atoms with van der Waals surface area (Å²) < 4.78 is 2.78. The third-order valence-electron chi connectivity index (χ3n) is 4.45. The van der Waals surface area contributed by atoms with Crippen LogP contribution in [0.25, 0.3) is 0 Å². The number of rotatable bonds is 3. The number of hydrogen-bond donors (Lipinski definition) is 1. The topological polar surface area (TPSA) is 51.3 Å². The minimum absolute atomic E-state index is 0. The number of carbonyl (C=O) groups is 1. The molecule has 1 aliphatic heterocycles. The largest absolute Gasteiger partial charge is 0.345 e. The van der Waals surface area contributed by atoms with Crippen LogP contribution >= 0.6 is 28.3 Å². The molecule has 1 aromatic carbocycles. The maximum Gasteiger partial charge on any atom is 0.270 e. The molecule has 1 saturated heterocycles. The molecule has 1 aliphatic rings. The lowest BCUT2D eigenvalue weighted by atomic mass is 9.89. The molecule has 124 valence electrons. The first kappa shape index (κ1) is 18.0. The molecule has 0 aliphatic carbocycles. The maximum atomic E-state index is 12.8. The molecular formula is C17H21BrClN3O. The van der Waals surface area contributed by atoms with Gasteiger partial charge >= 0.3 is 0 Å². The van der Waals surface area contributed by atoms with Gasteiger partial charge in [-0.1, -0.05) is 30.3 Å². The number of nitrogens with two attached hydrogens (primary N) is 1. The molecule has 2 N–H and O–H groups in total. The highest BCUT2D eigenvalue weighted by Gasteiger charge is 2.36. The van der Waals surface area contributed by atoms with Crippen LogP contribution in [0, 0.1) is 5.92 Å². The first-order valence-electron chi connectivity index (χ1n) is 7.46. The molecule has 4 nitrogen and oxygen atoms in total. The number of aromatic nitrogens is 1. The standard InChI is InChI=1S/C17H20BrN3O.ClH/c1-20-10-14(18)7-16(20)17(22)21-9-13(8-19)15(11-21)12-5-3-2-4-6-12;/h2-7,10,13,15H,8-9,11,19H2,1H3;1H/t13-,15+;/m1./s1. The molecule has 2 atom stereocenters. The van der Waals surface area contributed by atoms with Crippen LogP contribution in [0.5, 0.6) is 0 Å². The minimum atomic E-state index is 0. The van der Waals surface area contributed by atoms with Crippen molar-refractivity contribution in [1.29, 1.82) is 0 Å². The molecule has 2 heterocycles. The Kier molecular flexibility index (Phi) is 5.89. The molecule has 1 fully saturated rings. The molecule has 0 bridgehead atoms. The summed E-state index contributed by atoms with van der Waals surface area (Å²) in [5.41, 5.74) is 7.92. The van der Waals surface area contributed by atoms with Crippen molar-refractivity contribution < 1.29 is 4.79 Å². The highest BCUT2D eigenvalue weighted by atomic mass is 79.9. The Hall–Kier alpha value is -1.30. The first-order valence-corrected chi connectivity index (χ1v) is 8.25. The van der Waals surface area contributed by atoms with Gasteiger partial charge in [-0.2, -0.15) is 0 Å². The molecule has 1 aromatic heterocycles. The molecule has 6 heteroatoms. The van der Waals surface area contributed by atoms with Gasteiger partial charge in [0.15, 0.2) is 0 Å². The van der Waals surface area contributed by atoms with Crippen molar-refractivity contribution in [3.8, 4) is 0 Å². The van der Waals surface area contributed by atoms with Gasteiger partial charge in [0.05, 0.1) is 0 Å². The third-order valence-corrected chi connectivity index (χ3v) is 4.88. The second kappa shape index (κ2) is 7.51. The second-order valence-electron chi connectivity index (χ2n) is 5.88. The molecular weight excluding hydrogens is 378 g/mol. The molecule has 0 radical (unpaired) electrons. The Labute approximate surface area is 151 Å². The minimum Gasteiger partial charge on any atom is -0.345 e. The van der Waals surface area contributed by atoms with Crippen molar-refractivity contribution in [2.45, 2.75) is 5.92 Å². The van der Waals surface area contributed by atoms with Crippen molar-refractivity contribution in [2.75, 3.05) is 19.6 Å². The predicted molar refractivity (Wildman–Crippen MR) is 98.0 cm³/mol. The third kappa shape index (κ3) is 3.62. The average Bonchev–Trinajstić information content (AvgIpc) is 3.10. The van der Waals surface area contributed by atoms with Crippen LogP contribution in [0.3, 0.4) is 0 Å². The van der Waals surface area contributed by atoms with Crippen molar-refractivity contribution in [3.63, 3.8) is 0 Å². The van der Waals surface area contributed by atoms with Crippen molar-refractivity contribution >= 4 is 34.2 Å². The fraction of sp³-hybridized carbons (Fsp3) is 0.353. The second-order valence-corrected chi connectivity index (χ2v) is 6.79. The molecule has 23 heavy (non-hydrogen) atoms. The molecule has 0 spiro atoms. The van der Waals surface area contributed by atoms with E-state index in [9.17, 15) is 4.79 Å². The molecule has 0 saturated carbocycles. The van der Waals surface area contributed by atoms with Gasteiger partial charge < -0.3 is 15.2 Å². The van der Waals surface area contributed by atoms with Gasteiger partial charge in [-0.25, -0.2) is 0 Å². The van der Waals surface area contributed by atoms with Crippen LogP contribution in [0.1, 0.15) is 22.0 Å². The summed E-state index contributed by atoms with van der Waals surface area (Å²) in [7, 11) is 1.89. The van der Waals surface area contributed by atoms with Crippen LogP contribution < -0.4 is 5.73 Å². The van der Waals surface area contributed by atoms with Gasteiger partial charge in [0.2, 0.25) is 0 Å². The van der Waals surface area contributed by atoms with Crippen molar-refractivity contribution in [3.05, 3.63) is 58.3 Å². The quantitative estimate of drug-likeness (QED) is 0.864. The van der Waals surface area contributed by atoms with Crippen molar-refractivity contribution in [1.82, 2.24) is 9.47 Å². The normalized spacial score (nSPS) is 20.4. The van der Waals surface area contributed by atoms with Gasteiger partial charge in [0.25, 0.3) is 5.91 Å². The number of hydrogen-bond acceptors (Lipinski definition) is 2. The van der Waals surface area contributed by atoms with Crippen LogP contribution in [-0.4, -0.2) is 35.0 Å². The van der Waals surface area contributed by atoms with Gasteiger partial charge in [0.1, 0.15) is 5.69 Å². The Morgan fingerprint density at radius 3 is 2.57 bits per heavy atom. The lowest BCUT2D eigenvalue weighted by molar-refractivity contribution is 0.0777. The fourth-order valence-electron chi connectivity index (χ4n) is 3.25. The predicted octanol–water partition coefficient (Wildman–Crippen LogP) is 3.02. The van der Waals surface area contributed by atoms with E-state index in [-0.39, 0.29) is 18.3 Å². The zero-order valence-corrected chi connectivity index (χ0v) is 15.4. The van der Waals surface area contributed by atoms with Crippen molar-refractivity contribution in [2.24, 2.45) is 18.7 Å². The number of nitrogens with zero attached hydrogens (tertiary/aromatic N) is 2. The maximum absolute atomic E-state index is 12.8. The number of halogens is 2. The summed E-state index contributed by atoms with van der Waals surface area (Å²) in [4.78, 5) is 14.7. The number of amides is 1. The van der Waals surface area contributed by atoms with E-state index in [1.165, 1.54) is 5.56 Å². The molecule has 3 rings (SSSR count). The molecule has 0 unspecified atom stereocenters. The van der Waals surface area contributed by atoms with E-state index in [0.717, 1.165) is 17.6 Å². The highest BCUT2D eigenvalue weighted by Crippen LogP contribution is 2.33. The van der Waals surface area contributed by atoms with E-state index in [0.29, 0.717) is 24.1 Å². The first-order chi connectivity index (χ1) is 10.6. The monoisotopic (exact) mass is 397 g/mol. The smallest absolute Gasteiger partial charge is 0.270 e. The van der Waals surface area contributed by atoms with Crippen LogP contribution in [0.4, 0.5) is 0 Å². The summed E-state index contributed by atoms with van der Waals surface area (Å²) in [5.74, 6) is 0.707. The Bertz CT molecular complexity index is 674.